The van der Waals surface area contributed by atoms with Gasteiger partial charge in [0.2, 0.25) is 0 Å². The molecule has 1 aromatic carbocycles. The Balaban J connectivity index is 1.66. The summed E-state index contributed by atoms with van der Waals surface area (Å²) in [6.07, 6.45) is 2.36. The SMILES string of the molecule is Cc1cccc(NC(=O)c2ccc(NC3CC3)nn2)c1. The molecule has 1 aliphatic rings. The molecule has 2 N–H and O–H groups in total. The Morgan fingerprint density at radius 2 is 2.05 bits per heavy atom. The molecule has 1 amide bonds. The third-order valence-corrected chi connectivity index (χ3v) is 3.10. The highest BCUT2D eigenvalue weighted by molar-refractivity contribution is 6.02. The van der Waals surface area contributed by atoms with E-state index < -0.39 is 0 Å². The van der Waals surface area contributed by atoms with Gasteiger partial charge in [-0.2, -0.15) is 0 Å². The van der Waals surface area contributed by atoms with Crippen molar-refractivity contribution in [2.75, 3.05) is 10.6 Å². The second kappa shape index (κ2) is 5.28. The fraction of sp³-hybridized carbons (Fsp3) is 0.267. The maximum Gasteiger partial charge on any atom is 0.276 e. The van der Waals surface area contributed by atoms with Crippen molar-refractivity contribution in [3.8, 4) is 0 Å². The van der Waals surface area contributed by atoms with Crippen LogP contribution in [0.5, 0.6) is 0 Å². The number of nitrogens with one attached hydrogen (secondary N) is 2. The summed E-state index contributed by atoms with van der Waals surface area (Å²) in [6.45, 7) is 1.98. The molecule has 1 aromatic heterocycles. The topological polar surface area (TPSA) is 66.9 Å². The van der Waals surface area contributed by atoms with Crippen LogP contribution >= 0.6 is 0 Å². The van der Waals surface area contributed by atoms with Gasteiger partial charge in [-0.1, -0.05) is 12.1 Å². The van der Waals surface area contributed by atoms with Crippen molar-refractivity contribution in [3.63, 3.8) is 0 Å². The first-order valence-electron chi connectivity index (χ1n) is 6.69. The predicted octanol–water partition coefficient (Wildman–Crippen LogP) is 2.61. The first-order valence-corrected chi connectivity index (χ1v) is 6.69. The van der Waals surface area contributed by atoms with Crippen molar-refractivity contribution >= 4 is 17.4 Å². The number of aryl methyl sites for hydroxylation is 1. The monoisotopic (exact) mass is 268 g/mol. The molecule has 0 spiro atoms. The molecule has 0 atom stereocenters. The van der Waals surface area contributed by atoms with E-state index in [2.05, 4.69) is 20.8 Å². The summed E-state index contributed by atoms with van der Waals surface area (Å²) in [6, 6.07) is 11.6. The predicted molar refractivity (Wildman–Crippen MR) is 77.8 cm³/mol. The van der Waals surface area contributed by atoms with Gasteiger partial charge in [0, 0.05) is 11.7 Å². The number of aromatic nitrogens is 2. The van der Waals surface area contributed by atoms with E-state index in [1.807, 2.05) is 31.2 Å². The minimum atomic E-state index is -0.249. The average Bonchev–Trinajstić information content (AvgIpc) is 3.23. The Morgan fingerprint density at radius 1 is 1.20 bits per heavy atom. The number of hydrogen-bond donors (Lipinski definition) is 2. The van der Waals surface area contributed by atoms with Gasteiger partial charge in [0.1, 0.15) is 5.82 Å². The molecule has 1 heterocycles. The van der Waals surface area contributed by atoms with Gasteiger partial charge in [0.15, 0.2) is 5.69 Å². The Bertz CT molecular complexity index is 620. The lowest BCUT2D eigenvalue weighted by molar-refractivity contribution is 0.102. The van der Waals surface area contributed by atoms with Crippen molar-refractivity contribution in [2.45, 2.75) is 25.8 Å². The molecule has 0 saturated heterocycles. The number of rotatable bonds is 4. The third-order valence-electron chi connectivity index (χ3n) is 3.10. The van der Waals surface area contributed by atoms with Gasteiger partial charge in [-0.25, -0.2) is 0 Å². The van der Waals surface area contributed by atoms with Crippen LogP contribution in [0, 0.1) is 6.92 Å². The van der Waals surface area contributed by atoms with E-state index in [-0.39, 0.29) is 5.91 Å². The summed E-state index contributed by atoms with van der Waals surface area (Å²) >= 11 is 0. The van der Waals surface area contributed by atoms with Gasteiger partial charge in [0.05, 0.1) is 0 Å². The van der Waals surface area contributed by atoms with Crippen molar-refractivity contribution < 1.29 is 4.79 Å². The van der Waals surface area contributed by atoms with Gasteiger partial charge in [-0.05, 0) is 49.6 Å². The Labute approximate surface area is 117 Å². The maximum absolute atomic E-state index is 12.0. The Hall–Kier alpha value is -2.43. The smallest absolute Gasteiger partial charge is 0.276 e. The summed E-state index contributed by atoms with van der Waals surface area (Å²) in [5.74, 6) is 0.473. The second-order valence-electron chi connectivity index (χ2n) is 5.05. The first kappa shape index (κ1) is 12.6. The molecule has 1 saturated carbocycles. The number of carbonyl (C=O) groups is 1. The highest BCUT2D eigenvalue weighted by atomic mass is 16.1. The maximum atomic E-state index is 12.0. The number of benzene rings is 1. The molecule has 5 heteroatoms. The van der Waals surface area contributed by atoms with Gasteiger partial charge in [-0.15, -0.1) is 10.2 Å². The quantitative estimate of drug-likeness (QED) is 0.894. The Kier molecular flexibility index (Phi) is 3.33. The summed E-state index contributed by atoms with van der Waals surface area (Å²) in [7, 11) is 0. The van der Waals surface area contributed by atoms with Crippen LogP contribution in [-0.4, -0.2) is 22.1 Å². The molecule has 0 unspecified atom stereocenters. The lowest BCUT2D eigenvalue weighted by Crippen LogP contribution is -2.15. The fourth-order valence-corrected chi connectivity index (χ4v) is 1.89. The molecule has 20 heavy (non-hydrogen) atoms. The summed E-state index contributed by atoms with van der Waals surface area (Å²) < 4.78 is 0. The number of amides is 1. The molecule has 0 radical (unpaired) electrons. The van der Waals surface area contributed by atoms with Crippen molar-refractivity contribution in [2.24, 2.45) is 0 Å². The molecule has 0 bridgehead atoms. The molecule has 1 aliphatic carbocycles. The highest BCUT2D eigenvalue weighted by Gasteiger charge is 2.21. The van der Waals surface area contributed by atoms with Crippen LogP contribution in [0.3, 0.4) is 0 Å². The summed E-state index contributed by atoms with van der Waals surface area (Å²) in [5.41, 5.74) is 2.17. The lowest BCUT2D eigenvalue weighted by Gasteiger charge is -2.06. The molecule has 3 rings (SSSR count). The second-order valence-corrected chi connectivity index (χ2v) is 5.05. The number of nitrogens with zero attached hydrogens (tertiary/aromatic N) is 2. The van der Waals surface area contributed by atoms with E-state index in [0.717, 1.165) is 17.1 Å². The molecule has 5 nitrogen and oxygen atoms in total. The lowest BCUT2D eigenvalue weighted by atomic mass is 10.2. The van der Waals surface area contributed by atoms with E-state index in [9.17, 15) is 4.79 Å². The van der Waals surface area contributed by atoms with Crippen LogP contribution in [-0.2, 0) is 0 Å². The van der Waals surface area contributed by atoms with Crippen molar-refractivity contribution in [3.05, 3.63) is 47.7 Å². The highest BCUT2D eigenvalue weighted by Crippen LogP contribution is 2.23. The third kappa shape index (κ3) is 3.12. The van der Waals surface area contributed by atoms with E-state index in [1.54, 1.807) is 12.1 Å². The van der Waals surface area contributed by atoms with Crippen LogP contribution in [0.2, 0.25) is 0 Å². The van der Waals surface area contributed by atoms with Crippen LogP contribution in [0.25, 0.3) is 0 Å². The first-order chi connectivity index (χ1) is 9.70. The van der Waals surface area contributed by atoms with Gasteiger partial charge in [0.25, 0.3) is 5.91 Å². The fourth-order valence-electron chi connectivity index (χ4n) is 1.89. The van der Waals surface area contributed by atoms with Crippen LogP contribution in [0.15, 0.2) is 36.4 Å². The number of hydrogen-bond acceptors (Lipinski definition) is 4. The minimum Gasteiger partial charge on any atom is -0.366 e. The van der Waals surface area contributed by atoms with Crippen molar-refractivity contribution in [1.82, 2.24) is 10.2 Å². The van der Waals surface area contributed by atoms with Gasteiger partial charge in [-0.3, -0.25) is 4.79 Å². The van der Waals surface area contributed by atoms with Crippen LogP contribution < -0.4 is 10.6 Å². The molecular weight excluding hydrogens is 252 g/mol. The Morgan fingerprint density at radius 3 is 2.70 bits per heavy atom. The molecule has 102 valence electrons. The zero-order chi connectivity index (χ0) is 13.9. The largest absolute Gasteiger partial charge is 0.366 e. The minimum absolute atomic E-state index is 0.249. The van der Waals surface area contributed by atoms with Gasteiger partial charge < -0.3 is 10.6 Å². The molecular formula is C15H16N4O. The number of carbonyl (C=O) groups excluding carboxylic acids is 1. The molecule has 2 aromatic rings. The zero-order valence-corrected chi connectivity index (χ0v) is 11.3. The summed E-state index contributed by atoms with van der Waals surface area (Å²) in [4.78, 5) is 12.0. The van der Waals surface area contributed by atoms with E-state index >= 15 is 0 Å². The zero-order valence-electron chi connectivity index (χ0n) is 11.3. The van der Waals surface area contributed by atoms with Crippen molar-refractivity contribution in [1.29, 1.82) is 0 Å². The normalized spacial score (nSPS) is 13.8. The standard InChI is InChI=1S/C15H16N4O/c1-10-3-2-4-12(9-10)17-15(20)13-7-8-14(19-18-13)16-11-5-6-11/h2-4,7-9,11H,5-6H2,1H3,(H,16,19)(H,17,20). The van der Waals surface area contributed by atoms with Gasteiger partial charge >= 0.3 is 0 Å². The van der Waals surface area contributed by atoms with Crippen LogP contribution in [0.1, 0.15) is 28.9 Å². The average molecular weight is 268 g/mol. The van der Waals surface area contributed by atoms with E-state index in [4.69, 9.17) is 0 Å². The van der Waals surface area contributed by atoms with Crippen LogP contribution in [0.4, 0.5) is 11.5 Å². The summed E-state index contributed by atoms with van der Waals surface area (Å²) in [5, 5.41) is 14.0. The van der Waals surface area contributed by atoms with E-state index in [1.165, 1.54) is 12.8 Å². The van der Waals surface area contributed by atoms with E-state index in [0.29, 0.717) is 11.7 Å². The number of anilines is 2. The molecule has 0 aliphatic heterocycles. The molecule has 1 fully saturated rings.